The fourth-order valence-electron chi connectivity index (χ4n) is 3.92. The van der Waals surface area contributed by atoms with Crippen molar-refractivity contribution < 1.29 is 38.2 Å². The molecule has 1 N–H and O–H groups in total. The number of nitrogens with zero attached hydrogens (tertiary/aromatic N) is 1. The average Bonchev–Trinajstić information content (AvgIpc) is 3.02. The molecule has 35 heavy (non-hydrogen) atoms. The quantitative estimate of drug-likeness (QED) is 0.286. The molecule has 0 aromatic heterocycles. The Labute approximate surface area is 204 Å². The van der Waals surface area contributed by atoms with E-state index in [0.717, 1.165) is 17.7 Å². The Balaban J connectivity index is 1.42. The number of rotatable bonds is 11. The molecule has 190 valence electrons. The number of imide groups is 2. The number of carbonyl (C=O) groups excluding carboxylic acids is 5. The van der Waals surface area contributed by atoms with Crippen LogP contribution in [0.25, 0.3) is 0 Å². The third kappa shape index (κ3) is 6.88. The monoisotopic (exact) mass is 488 g/mol. The van der Waals surface area contributed by atoms with Gasteiger partial charge in [0.15, 0.2) is 0 Å². The molecule has 2 aliphatic heterocycles. The second-order valence-electron chi connectivity index (χ2n) is 9.48. The summed E-state index contributed by atoms with van der Waals surface area (Å²) in [7, 11) is 0. The van der Waals surface area contributed by atoms with E-state index >= 15 is 0 Å². The molecule has 1 aromatic carbocycles. The topological polar surface area (TPSA) is 128 Å². The van der Waals surface area contributed by atoms with Gasteiger partial charge < -0.3 is 14.2 Å². The molecule has 10 heteroatoms. The number of benzene rings is 1. The standard InChI is InChI=1S/C25H32N2O8/c1-25(2,3)35-20(29)12-15-33-13-5-4-6-14-34-18-9-7-8-16-21(18)24(32)27(23(16)31)17-10-11-19(28)26-22(17)30/h7-9,17H,4-6,10-15H2,1-3H3,(H,26,28,30). The number of unbranched alkanes of at least 4 members (excludes halogenated alkanes) is 2. The van der Waals surface area contributed by atoms with Crippen LogP contribution in [0, 0.1) is 0 Å². The van der Waals surface area contributed by atoms with Crippen molar-refractivity contribution in [3.63, 3.8) is 0 Å². The van der Waals surface area contributed by atoms with Crippen molar-refractivity contribution in [2.24, 2.45) is 0 Å². The number of hydrogen-bond donors (Lipinski definition) is 1. The molecule has 1 atom stereocenters. The smallest absolute Gasteiger partial charge is 0.308 e. The van der Waals surface area contributed by atoms with Crippen molar-refractivity contribution in [3.05, 3.63) is 29.3 Å². The van der Waals surface area contributed by atoms with Crippen LogP contribution in [-0.4, -0.2) is 66.0 Å². The molecule has 10 nitrogen and oxygen atoms in total. The number of nitrogens with one attached hydrogen (secondary N) is 1. The molecule has 1 saturated heterocycles. The van der Waals surface area contributed by atoms with Gasteiger partial charge in [0, 0.05) is 13.0 Å². The number of fused-ring (bicyclic) bond motifs is 1. The summed E-state index contributed by atoms with van der Waals surface area (Å²) in [6.45, 7) is 6.62. The van der Waals surface area contributed by atoms with Crippen molar-refractivity contribution >= 4 is 29.6 Å². The van der Waals surface area contributed by atoms with Crippen molar-refractivity contribution in [3.8, 4) is 5.75 Å². The lowest BCUT2D eigenvalue weighted by molar-refractivity contribution is -0.156. The van der Waals surface area contributed by atoms with Gasteiger partial charge in [-0.05, 0) is 58.6 Å². The average molecular weight is 489 g/mol. The Morgan fingerprint density at radius 3 is 2.49 bits per heavy atom. The molecule has 1 unspecified atom stereocenters. The summed E-state index contributed by atoms with van der Waals surface area (Å²) in [6.07, 6.45) is 2.69. The molecule has 2 aliphatic rings. The van der Waals surface area contributed by atoms with Gasteiger partial charge in [0.05, 0.1) is 30.8 Å². The Hall–Kier alpha value is -3.27. The van der Waals surface area contributed by atoms with E-state index in [-0.39, 0.29) is 36.4 Å². The number of amides is 4. The predicted octanol–water partition coefficient (Wildman–Crippen LogP) is 2.39. The third-order valence-electron chi connectivity index (χ3n) is 5.49. The highest BCUT2D eigenvalue weighted by molar-refractivity contribution is 6.24. The lowest BCUT2D eigenvalue weighted by atomic mass is 10.0. The molecule has 2 heterocycles. The van der Waals surface area contributed by atoms with E-state index in [0.29, 0.717) is 32.0 Å². The molecule has 1 fully saturated rings. The largest absolute Gasteiger partial charge is 0.493 e. The molecule has 0 spiro atoms. The maximum atomic E-state index is 13.0. The van der Waals surface area contributed by atoms with Gasteiger partial charge in [-0.3, -0.25) is 34.2 Å². The summed E-state index contributed by atoms with van der Waals surface area (Å²) in [4.78, 5) is 62.0. The molecule has 0 aliphatic carbocycles. The fourth-order valence-corrected chi connectivity index (χ4v) is 3.92. The van der Waals surface area contributed by atoms with Crippen LogP contribution in [0.5, 0.6) is 5.75 Å². The second-order valence-corrected chi connectivity index (χ2v) is 9.48. The van der Waals surface area contributed by atoms with E-state index < -0.39 is 35.3 Å². The summed E-state index contributed by atoms with van der Waals surface area (Å²) in [5.41, 5.74) is -0.167. The predicted molar refractivity (Wildman–Crippen MR) is 124 cm³/mol. The summed E-state index contributed by atoms with van der Waals surface area (Å²) in [5, 5.41) is 2.18. The maximum Gasteiger partial charge on any atom is 0.308 e. The molecular weight excluding hydrogens is 456 g/mol. The number of piperidine rings is 1. The van der Waals surface area contributed by atoms with Crippen LogP contribution in [0.2, 0.25) is 0 Å². The van der Waals surface area contributed by atoms with Crippen LogP contribution in [0.15, 0.2) is 18.2 Å². The lowest BCUT2D eigenvalue weighted by Gasteiger charge is -2.27. The first-order valence-electron chi connectivity index (χ1n) is 11.9. The third-order valence-corrected chi connectivity index (χ3v) is 5.49. The first-order chi connectivity index (χ1) is 16.6. The Morgan fingerprint density at radius 1 is 1.03 bits per heavy atom. The van der Waals surface area contributed by atoms with E-state index in [1.165, 1.54) is 6.07 Å². The molecule has 3 rings (SSSR count). The highest BCUT2D eigenvalue weighted by Crippen LogP contribution is 2.33. The SMILES string of the molecule is CC(C)(C)OC(=O)CCOCCCCCOc1cccc2c1C(=O)N(C1CCC(=O)NC1=O)C2=O. The Bertz CT molecular complexity index is 998. The van der Waals surface area contributed by atoms with Gasteiger partial charge in [-0.2, -0.15) is 0 Å². The second kappa shape index (κ2) is 11.4. The lowest BCUT2D eigenvalue weighted by Crippen LogP contribution is -2.54. The first-order valence-corrected chi connectivity index (χ1v) is 11.9. The van der Waals surface area contributed by atoms with Crippen molar-refractivity contribution in [2.75, 3.05) is 19.8 Å². The minimum absolute atomic E-state index is 0.0673. The van der Waals surface area contributed by atoms with Crippen molar-refractivity contribution in [2.45, 2.75) is 70.9 Å². The zero-order valence-electron chi connectivity index (χ0n) is 20.4. The van der Waals surface area contributed by atoms with Crippen LogP contribution in [0.1, 0.15) is 80.0 Å². The molecule has 0 saturated carbocycles. The van der Waals surface area contributed by atoms with Crippen LogP contribution < -0.4 is 10.1 Å². The number of carbonyl (C=O) groups is 5. The first kappa shape index (κ1) is 26.3. The van der Waals surface area contributed by atoms with Crippen LogP contribution in [0.4, 0.5) is 0 Å². The minimum Gasteiger partial charge on any atom is -0.493 e. The fraction of sp³-hybridized carbons (Fsp3) is 0.560. The highest BCUT2D eigenvalue weighted by atomic mass is 16.6. The van der Waals surface area contributed by atoms with Crippen LogP contribution >= 0.6 is 0 Å². The van der Waals surface area contributed by atoms with E-state index in [1.807, 2.05) is 20.8 Å². The molecule has 4 amide bonds. The Kier molecular flexibility index (Phi) is 8.61. The van der Waals surface area contributed by atoms with Gasteiger partial charge in [-0.15, -0.1) is 0 Å². The number of esters is 1. The van der Waals surface area contributed by atoms with Gasteiger partial charge in [-0.1, -0.05) is 6.07 Å². The zero-order valence-corrected chi connectivity index (χ0v) is 20.4. The minimum atomic E-state index is -1.01. The van der Waals surface area contributed by atoms with E-state index in [4.69, 9.17) is 14.2 Å². The van der Waals surface area contributed by atoms with Gasteiger partial charge in [0.1, 0.15) is 17.4 Å². The molecule has 1 aromatic rings. The van der Waals surface area contributed by atoms with E-state index in [9.17, 15) is 24.0 Å². The van der Waals surface area contributed by atoms with Crippen LogP contribution in [-0.2, 0) is 23.9 Å². The normalized spacial score (nSPS) is 17.9. The van der Waals surface area contributed by atoms with Gasteiger partial charge in [0.2, 0.25) is 11.8 Å². The van der Waals surface area contributed by atoms with Crippen LogP contribution in [0.3, 0.4) is 0 Å². The number of hydrogen-bond acceptors (Lipinski definition) is 8. The maximum absolute atomic E-state index is 13.0. The Morgan fingerprint density at radius 2 is 1.77 bits per heavy atom. The van der Waals surface area contributed by atoms with Gasteiger partial charge >= 0.3 is 5.97 Å². The van der Waals surface area contributed by atoms with Gasteiger partial charge in [-0.25, -0.2) is 0 Å². The summed E-state index contributed by atoms with van der Waals surface area (Å²) >= 11 is 0. The summed E-state index contributed by atoms with van der Waals surface area (Å²) in [5.74, 6) is -2.21. The molecular formula is C25H32N2O8. The van der Waals surface area contributed by atoms with E-state index in [1.54, 1.807) is 12.1 Å². The van der Waals surface area contributed by atoms with Crippen molar-refractivity contribution in [1.82, 2.24) is 10.2 Å². The zero-order chi connectivity index (χ0) is 25.6. The summed E-state index contributed by atoms with van der Waals surface area (Å²) < 4.78 is 16.5. The number of ether oxygens (including phenoxy) is 3. The molecule has 0 radical (unpaired) electrons. The van der Waals surface area contributed by atoms with Gasteiger partial charge in [0.25, 0.3) is 11.8 Å². The highest BCUT2D eigenvalue weighted by Gasteiger charge is 2.45. The van der Waals surface area contributed by atoms with Crippen molar-refractivity contribution in [1.29, 1.82) is 0 Å². The molecule has 0 bridgehead atoms. The summed E-state index contributed by atoms with van der Waals surface area (Å²) in [6, 6.07) is 3.77. The van der Waals surface area contributed by atoms with E-state index in [2.05, 4.69) is 5.32 Å².